The molecule has 0 N–H and O–H groups in total. The Morgan fingerprint density at radius 3 is 1.50 bits per heavy atom. The fourth-order valence-electron chi connectivity index (χ4n) is 9.82. The molecule has 0 aliphatic heterocycles. The van der Waals surface area contributed by atoms with Crippen molar-refractivity contribution in [3.05, 3.63) is 233 Å². The zero-order valence-corrected chi connectivity index (χ0v) is 27.3. The van der Waals surface area contributed by atoms with E-state index in [1.54, 1.807) is 0 Å². The summed E-state index contributed by atoms with van der Waals surface area (Å²) in [5.74, 6) is 0. The fourth-order valence-corrected chi connectivity index (χ4v) is 9.82. The van der Waals surface area contributed by atoms with Crippen LogP contribution in [0.25, 0.3) is 44.5 Å². The summed E-state index contributed by atoms with van der Waals surface area (Å²) >= 11 is 0. The van der Waals surface area contributed by atoms with Crippen LogP contribution in [0.3, 0.4) is 0 Å². The number of nitrogens with zero attached hydrogens (tertiary/aromatic N) is 1. The molecule has 0 radical (unpaired) electrons. The second-order valence-electron chi connectivity index (χ2n) is 13.8. The Labute approximate surface area is 292 Å². The highest BCUT2D eigenvalue weighted by atomic mass is 14.6. The second-order valence-corrected chi connectivity index (χ2v) is 13.8. The van der Waals surface area contributed by atoms with E-state index in [1.165, 1.54) is 89.0 Å². The lowest BCUT2D eigenvalue weighted by Crippen LogP contribution is -2.43. The van der Waals surface area contributed by atoms with E-state index in [9.17, 15) is 0 Å². The Morgan fingerprint density at radius 2 is 0.780 bits per heavy atom. The Balaban J connectivity index is 1.24. The maximum absolute atomic E-state index is 4.21. The average molecular weight is 634 g/mol. The van der Waals surface area contributed by atoms with E-state index >= 15 is 0 Å². The van der Waals surface area contributed by atoms with Gasteiger partial charge in [-0.05, 0) is 107 Å². The van der Waals surface area contributed by atoms with E-state index in [0.29, 0.717) is 0 Å². The minimum Gasteiger partial charge on any atom is -0.265 e. The van der Waals surface area contributed by atoms with Gasteiger partial charge in [-0.1, -0.05) is 158 Å². The summed E-state index contributed by atoms with van der Waals surface area (Å²) in [6.07, 6.45) is 3.71. The van der Waals surface area contributed by atoms with Gasteiger partial charge in [-0.3, -0.25) is 4.98 Å². The van der Waals surface area contributed by atoms with Gasteiger partial charge >= 0.3 is 0 Å². The van der Waals surface area contributed by atoms with Crippen LogP contribution < -0.4 is 0 Å². The van der Waals surface area contributed by atoms with E-state index in [0.717, 1.165) is 0 Å². The van der Waals surface area contributed by atoms with E-state index < -0.39 is 10.8 Å². The van der Waals surface area contributed by atoms with Crippen LogP contribution in [0.15, 0.2) is 188 Å². The zero-order chi connectivity index (χ0) is 32.9. The van der Waals surface area contributed by atoms with Gasteiger partial charge in [0.25, 0.3) is 0 Å². The standard InChI is InChI=1S/C49H31N/c1-2-11-36(12-3-1)48-41-16-6-5-14-38(41)40-15-10-20-45(47(40)48)49(44-19-9-8-18-43(44)48)42-17-7-4-13-37(42)39-26-25-35(31-46(39)49)33-23-21-32(22-24-33)34-27-29-50-30-28-34/h1-31H. The van der Waals surface area contributed by atoms with Crippen LogP contribution in [0, 0.1) is 0 Å². The number of hydrogen-bond donors (Lipinski definition) is 0. The Hall–Kier alpha value is -6.31. The predicted octanol–water partition coefficient (Wildman–Crippen LogP) is 11.5. The molecule has 1 spiro atoms. The normalized spacial score (nSPS) is 18.6. The maximum atomic E-state index is 4.21. The first-order valence-corrected chi connectivity index (χ1v) is 17.5. The highest BCUT2D eigenvalue weighted by molar-refractivity contribution is 5.96. The van der Waals surface area contributed by atoms with Gasteiger partial charge in [-0.15, -0.1) is 0 Å². The van der Waals surface area contributed by atoms with E-state index in [2.05, 4.69) is 181 Å². The first-order valence-electron chi connectivity index (χ1n) is 17.5. The third-order valence-corrected chi connectivity index (χ3v) is 11.7. The molecule has 0 saturated heterocycles. The number of hydrogen-bond acceptors (Lipinski definition) is 1. The minimum absolute atomic E-state index is 0.427. The van der Waals surface area contributed by atoms with Crippen LogP contribution in [-0.4, -0.2) is 4.98 Å². The third kappa shape index (κ3) is 3.34. The molecule has 50 heavy (non-hydrogen) atoms. The molecule has 0 saturated carbocycles. The summed E-state index contributed by atoms with van der Waals surface area (Å²) in [6.45, 7) is 0. The highest BCUT2D eigenvalue weighted by Gasteiger charge is 2.59. The summed E-state index contributed by atoms with van der Waals surface area (Å²) in [6, 6.07) is 66.1. The zero-order valence-electron chi connectivity index (χ0n) is 27.3. The first kappa shape index (κ1) is 27.6. The van der Waals surface area contributed by atoms with Crippen LogP contribution in [0.2, 0.25) is 0 Å². The molecule has 2 atom stereocenters. The summed E-state index contributed by atoms with van der Waals surface area (Å²) in [5.41, 5.74) is 20.1. The number of benzene rings is 7. The Kier molecular flexibility index (Phi) is 5.58. The van der Waals surface area contributed by atoms with E-state index in [1.807, 2.05) is 12.4 Å². The molecular weight excluding hydrogens is 603 g/mol. The summed E-state index contributed by atoms with van der Waals surface area (Å²) in [4.78, 5) is 4.21. The van der Waals surface area contributed by atoms with Gasteiger partial charge in [0.1, 0.15) is 0 Å². The second kappa shape index (κ2) is 10.1. The van der Waals surface area contributed by atoms with Crippen LogP contribution >= 0.6 is 0 Å². The molecule has 8 aromatic rings. The number of rotatable bonds is 3. The maximum Gasteiger partial charge on any atom is 0.0720 e. The predicted molar refractivity (Wildman–Crippen MR) is 203 cm³/mol. The smallest absolute Gasteiger partial charge is 0.0720 e. The van der Waals surface area contributed by atoms with Crippen molar-refractivity contribution < 1.29 is 0 Å². The van der Waals surface area contributed by atoms with Crippen LogP contribution in [-0.2, 0) is 10.8 Å². The summed E-state index contributed by atoms with van der Waals surface area (Å²) in [7, 11) is 0. The molecule has 1 heteroatoms. The molecule has 0 bridgehead atoms. The van der Waals surface area contributed by atoms with E-state index in [-0.39, 0.29) is 0 Å². The molecule has 0 amide bonds. The van der Waals surface area contributed by atoms with E-state index in [4.69, 9.17) is 0 Å². The van der Waals surface area contributed by atoms with Gasteiger partial charge in [-0.2, -0.15) is 0 Å². The lowest BCUT2D eigenvalue weighted by Gasteiger charge is -2.48. The summed E-state index contributed by atoms with van der Waals surface area (Å²) < 4.78 is 0. The molecule has 11 rings (SSSR count). The van der Waals surface area contributed by atoms with Gasteiger partial charge in [-0.25, -0.2) is 0 Å². The third-order valence-electron chi connectivity index (χ3n) is 11.7. The van der Waals surface area contributed by atoms with Crippen molar-refractivity contribution in [1.29, 1.82) is 0 Å². The monoisotopic (exact) mass is 633 g/mol. The molecule has 0 fully saturated rings. The fraction of sp³-hybridized carbons (Fsp3) is 0.0408. The van der Waals surface area contributed by atoms with Crippen molar-refractivity contribution in [2.24, 2.45) is 0 Å². The van der Waals surface area contributed by atoms with Gasteiger partial charge in [0.2, 0.25) is 0 Å². The Bertz CT molecular complexity index is 2640. The molecule has 3 aliphatic carbocycles. The van der Waals surface area contributed by atoms with Crippen LogP contribution in [0.1, 0.15) is 44.5 Å². The average Bonchev–Trinajstić information content (AvgIpc) is 3.67. The summed E-state index contributed by atoms with van der Waals surface area (Å²) in [5, 5.41) is 0. The number of fused-ring (bicyclic) bond motifs is 12. The Morgan fingerprint density at radius 1 is 0.300 bits per heavy atom. The van der Waals surface area contributed by atoms with Crippen molar-refractivity contribution in [2.75, 3.05) is 0 Å². The molecule has 2 unspecified atom stereocenters. The lowest BCUT2D eigenvalue weighted by atomic mass is 9.52. The quantitative estimate of drug-likeness (QED) is 0.189. The van der Waals surface area contributed by atoms with Crippen LogP contribution in [0.5, 0.6) is 0 Å². The van der Waals surface area contributed by atoms with Crippen LogP contribution in [0.4, 0.5) is 0 Å². The van der Waals surface area contributed by atoms with Gasteiger partial charge in [0.05, 0.1) is 10.8 Å². The van der Waals surface area contributed by atoms with Crippen molar-refractivity contribution in [3.63, 3.8) is 0 Å². The minimum atomic E-state index is -0.485. The molecule has 7 aromatic carbocycles. The van der Waals surface area contributed by atoms with Crippen molar-refractivity contribution in [1.82, 2.24) is 4.98 Å². The molecule has 1 heterocycles. The molecule has 1 aromatic heterocycles. The van der Waals surface area contributed by atoms with Crippen molar-refractivity contribution >= 4 is 0 Å². The SMILES string of the molecule is c1ccc(C23c4ccccc4-c4cccc(c42)C2(c4ccccc4-c4ccc(-c5ccc(-c6ccncc6)cc5)cc42)c2ccccc23)cc1. The molecule has 1 nitrogen and oxygen atoms in total. The molecule has 3 aliphatic rings. The van der Waals surface area contributed by atoms with Gasteiger partial charge in [0.15, 0.2) is 0 Å². The molecule has 232 valence electrons. The first-order chi connectivity index (χ1) is 24.8. The lowest BCUT2D eigenvalue weighted by molar-refractivity contribution is 0.636. The van der Waals surface area contributed by atoms with Gasteiger partial charge < -0.3 is 0 Å². The van der Waals surface area contributed by atoms with Crippen molar-refractivity contribution in [2.45, 2.75) is 10.8 Å². The molecular formula is C49H31N. The van der Waals surface area contributed by atoms with Crippen molar-refractivity contribution in [3.8, 4) is 44.5 Å². The number of aromatic nitrogens is 1. The van der Waals surface area contributed by atoms with Gasteiger partial charge in [0, 0.05) is 12.4 Å². The topological polar surface area (TPSA) is 12.9 Å². The highest BCUT2D eigenvalue weighted by Crippen LogP contribution is 2.68. The number of pyridine rings is 1. The largest absolute Gasteiger partial charge is 0.265 e.